The summed E-state index contributed by atoms with van der Waals surface area (Å²) in [6, 6.07) is 4.82. The Morgan fingerprint density at radius 1 is 1.47 bits per heavy atom. The minimum atomic E-state index is -2.14. The van der Waals surface area contributed by atoms with Gasteiger partial charge in [0.05, 0.1) is 0 Å². The van der Waals surface area contributed by atoms with Crippen molar-refractivity contribution in [2.45, 2.75) is 6.92 Å². The van der Waals surface area contributed by atoms with Gasteiger partial charge in [0, 0.05) is 0 Å². The first kappa shape index (κ1) is 12.5. The molecule has 0 bridgehead atoms. The zero-order chi connectivity index (χ0) is 11.4. The summed E-state index contributed by atoms with van der Waals surface area (Å²) in [6.45, 7) is 1.31. The van der Waals surface area contributed by atoms with Gasteiger partial charge in [0.1, 0.15) is 0 Å². The van der Waals surface area contributed by atoms with Crippen LogP contribution in [0.2, 0.25) is 5.02 Å². The summed E-state index contributed by atoms with van der Waals surface area (Å²) in [7, 11) is 0. The molecule has 0 saturated carbocycles. The molecule has 0 fully saturated rings. The van der Waals surface area contributed by atoms with Crippen LogP contribution in [0.1, 0.15) is 17.3 Å². The van der Waals surface area contributed by atoms with Crippen molar-refractivity contribution >= 4 is 26.6 Å². The molecule has 6 heteroatoms. The number of hydrogen-bond donors (Lipinski definition) is 1. The van der Waals surface area contributed by atoms with Gasteiger partial charge in [-0.05, 0) is 0 Å². The van der Waals surface area contributed by atoms with Gasteiger partial charge in [0.25, 0.3) is 0 Å². The van der Waals surface area contributed by atoms with Crippen molar-refractivity contribution in [1.29, 1.82) is 0 Å². The topological polar surface area (TPSA) is 63.6 Å². The molecule has 0 radical (unpaired) electrons. The fourth-order valence-electron chi connectivity index (χ4n) is 1.11. The summed E-state index contributed by atoms with van der Waals surface area (Å²) in [4.78, 5) is 21.5. The molecule has 1 aromatic rings. The summed E-state index contributed by atoms with van der Waals surface area (Å²) in [5, 5.41) is 9.11. The molecule has 0 saturated heterocycles. The predicted molar refractivity (Wildman–Crippen MR) is 49.8 cm³/mol. The van der Waals surface area contributed by atoms with Crippen LogP contribution >= 0.6 is 11.6 Å². The Bertz CT molecular complexity index is 405. The molecular weight excluding hydrogens is 408 g/mol. The van der Waals surface area contributed by atoms with Crippen LogP contribution in [0.25, 0.3) is 0 Å². The molecule has 0 aromatic heterocycles. The molecule has 0 aliphatic heterocycles. The third-order valence-electron chi connectivity index (χ3n) is 1.74. The van der Waals surface area contributed by atoms with E-state index in [-0.39, 0.29) is 16.6 Å². The molecule has 0 spiro atoms. The van der Waals surface area contributed by atoms with E-state index in [2.05, 4.69) is 0 Å². The van der Waals surface area contributed by atoms with E-state index in [1.54, 1.807) is 12.1 Å². The Balaban J connectivity index is 3.01. The van der Waals surface area contributed by atoms with Crippen molar-refractivity contribution in [2.24, 2.45) is 0 Å². The SMILES string of the molecule is CC(=O)[O][Hg][c]1cccc(Cl)c1C(=O)O. The Labute approximate surface area is 104 Å². The summed E-state index contributed by atoms with van der Waals surface area (Å²) in [6.07, 6.45) is 0. The van der Waals surface area contributed by atoms with E-state index in [0.29, 0.717) is 3.07 Å². The third kappa shape index (κ3) is 3.46. The molecule has 0 amide bonds. The van der Waals surface area contributed by atoms with Gasteiger partial charge in [-0.15, -0.1) is 0 Å². The van der Waals surface area contributed by atoms with Crippen LogP contribution < -0.4 is 3.07 Å². The third-order valence-corrected chi connectivity index (χ3v) is 7.70. The maximum atomic E-state index is 10.9. The molecule has 1 aromatic carbocycles. The van der Waals surface area contributed by atoms with Gasteiger partial charge < -0.3 is 0 Å². The Hall–Kier alpha value is -0.615. The second-order valence-corrected chi connectivity index (χ2v) is 8.47. The van der Waals surface area contributed by atoms with Crippen molar-refractivity contribution in [3.63, 3.8) is 0 Å². The van der Waals surface area contributed by atoms with E-state index in [1.807, 2.05) is 0 Å². The number of rotatable bonds is 3. The molecular formula is C9H7ClHgO4. The standard InChI is InChI=1S/C7H4ClO2.C2H4O2.Hg/c8-6-4-2-1-3-5(6)7(9)10;1-2(3)4;/h1-2,4H,(H,9,10);1H3,(H,3,4);/q;;+1/p-1. The zero-order valence-electron chi connectivity index (χ0n) is 7.99. The molecule has 0 aliphatic rings. The average Bonchev–Trinajstić information content (AvgIpc) is 2.13. The first-order chi connectivity index (χ1) is 7.02. The van der Waals surface area contributed by atoms with Gasteiger partial charge in [-0.3, -0.25) is 0 Å². The van der Waals surface area contributed by atoms with Crippen molar-refractivity contribution in [3.8, 4) is 0 Å². The number of aromatic carboxylic acids is 1. The van der Waals surface area contributed by atoms with Crippen LogP contribution in [0.15, 0.2) is 18.2 Å². The first-order valence-electron chi connectivity index (χ1n) is 4.16. The van der Waals surface area contributed by atoms with Crippen LogP contribution in [0.3, 0.4) is 0 Å². The first-order valence-corrected chi connectivity index (χ1v) is 9.53. The van der Waals surface area contributed by atoms with Gasteiger partial charge in [0.15, 0.2) is 0 Å². The van der Waals surface area contributed by atoms with Crippen LogP contribution in [0, 0.1) is 0 Å². The van der Waals surface area contributed by atoms with E-state index in [4.69, 9.17) is 19.4 Å². The van der Waals surface area contributed by atoms with Gasteiger partial charge in [-0.1, -0.05) is 0 Å². The quantitative estimate of drug-likeness (QED) is 0.755. The fourth-order valence-corrected chi connectivity index (χ4v) is 6.01. The van der Waals surface area contributed by atoms with Gasteiger partial charge in [0.2, 0.25) is 0 Å². The molecule has 0 heterocycles. The van der Waals surface area contributed by atoms with E-state index in [0.717, 1.165) is 0 Å². The molecule has 76 valence electrons. The number of carboxylic acid groups (broad SMARTS) is 1. The molecule has 0 aliphatic carbocycles. The molecule has 0 unspecified atom stereocenters. The van der Waals surface area contributed by atoms with Gasteiger partial charge in [-0.2, -0.15) is 0 Å². The predicted octanol–water partition coefficient (Wildman–Crippen LogP) is 1.22. The van der Waals surface area contributed by atoms with Crippen molar-refractivity contribution in [2.75, 3.05) is 0 Å². The van der Waals surface area contributed by atoms with Crippen LogP contribution in [-0.2, 0) is 32.5 Å². The average molecular weight is 415 g/mol. The number of carboxylic acids is 1. The van der Waals surface area contributed by atoms with Crippen molar-refractivity contribution < 1.29 is 42.4 Å². The Morgan fingerprint density at radius 2 is 2.13 bits per heavy atom. The van der Waals surface area contributed by atoms with E-state index >= 15 is 0 Å². The fraction of sp³-hybridized carbons (Fsp3) is 0.111. The number of benzene rings is 1. The van der Waals surface area contributed by atoms with Crippen molar-refractivity contribution in [3.05, 3.63) is 28.8 Å². The monoisotopic (exact) mass is 416 g/mol. The number of hydrogen-bond acceptors (Lipinski definition) is 3. The molecule has 4 nitrogen and oxygen atoms in total. The molecule has 0 atom stereocenters. The van der Waals surface area contributed by atoms with Crippen molar-refractivity contribution in [1.82, 2.24) is 0 Å². The summed E-state index contributed by atoms with van der Waals surface area (Å²) in [5.74, 6) is -1.45. The Morgan fingerprint density at radius 3 is 2.67 bits per heavy atom. The normalized spacial score (nSPS) is 9.20. The zero-order valence-corrected chi connectivity index (χ0v) is 14.2. The Kier molecular flexibility index (Phi) is 4.54. The minimum absolute atomic E-state index is 0.0714. The van der Waals surface area contributed by atoms with Crippen LogP contribution in [0.5, 0.6) is 0 Å². The van der Waals surface area contributed by atoms with E-state index in [9.17, 15) is 9.59 Å². The van der Waals surface area contributed by atoms with Gasteiger partial charge >= 0.3 is 105 Å². The number of carbonyl (C=O) groups excluding carboxylic acids is 1. The summed E-state index contributed by atoms with van der Waals surface area (Å²) < 4.78 is 5.54. The van der Waals surface area contributed by atoms with E-state index < -0.39 is 31.0 Å². The van der Waals surface area contributed by atoms with E-state index in [1.165, 1.54) is 13.0 Å². The van der Waals surface area contributed by atoms with Gasteiger partial charge in [-0.25, -0.2) is 0 Å². The summed E-state index contributed by atoms with van der Waals surface area (Å²) >= 11 is 3.62. The molecule has 15 heavy (non-hydrogen) atoms. The molecule has 1 rings (SSSR count). The maximum absolute atomic E-state index is 10.9. The van der Waals surface area contributed by atoms with Crippen LogP contribution in [-0.4, -0.2) is 17.0 Å². The summed E-state index contributed by atoms with van der Waals surface area (Å²) in [5.41, 5.74) is 0.0714. The second kappa shape index (κ2) is 5.46. The number of halogens is 1. The molecule has 1 N–H and O–H groups in total. The second-order valence-electron chi connectivity index (χ2n) is 2.86. The number of carbonyl (C=O) groups is 2. The van der Waals surface area contributed by atoms with Crippen LogP contribution in [0.4, 0.5) is 0 Å².